The Balaban J connectivity index is 1.80. The van der Waals surface area contributed by atoms with Crippen LogP contribution in [0.5, 0.6) is 5.75 Å². The number of Topliss-reactive ketones (excluding diaryl/α,β-unsaturated/α-hetero) is 1. The van der Waals surface area contributed by atoms with Crippen LogP contribution in [0.1, 0.15) is 15.9 Å². The predicted octanol–water partition coefficient (Wildman–Crippen LogP) is 3.98. The summed E-state index contributed by atoms with van der Waals surface area (Å²) in [6.45, 7) is 0.887. The lowest BCUT2D eigenvalue weighted by Gasteiger charge is -2.23. The number of pyridine rings is 1. The summed E-state index contributed by atoms with van der Waals surface area (Å²) in [4.78, 5) is 19.1. The fourth-order valence-electron chi connectivity index (χ4n) is 2.60. The van der Waals surface area contributed by atoms with Crippen molar-refractivity contribution in [3.05, 3.63) is 90.1 Å². The van der Waals surface area contributed by atoms with Crippen molar-refractivity contribution in [2.24, 2.45) is 0 Å². The maximum Gasteiger partial charge on any atom is 0.182 e. The molecule has 0 radical (unpaired) electrons. The first-order valence-corrected chi connectivity index (χ1v) is 8.13. The van der Waals surface area contributed by atoms with Crippen molar-refractivity contribution in [3.8, 4) is 5.75 Å². The van der Waals surface area contributed by atoms with Crippen molar-refractivity contribution >= 4 is 11.6 Å². The number of carbonyl (C=O) groups excluding carboxylic acids is 1. The van der Waals surface area contributed by atoms with Crippen LogP contribution in [0.4, 0.5) is 5.82 Å². The van der Waals surface area contributed by atoms with Gasteiger partial charge in [-0.1, -0.05) is 36.4 Å². The fourth-order valence-corrected chi connectivity index (χ4v) is 2.60. The molecule has 0 aliphatic heterocycles. The van der Waals surface area contributed by atoms with Crippen LogP contribution in [0.2, 0.25) is 0 Å². The van der Waals surface area contributed by atoms with Gasteiger partial charge in [-0.05, 0) is 42.0 Å². The number of ether oxygens (including phenoxy) is 1. The second-order valence-electron chi connectivity index (χ2n) is 5.68. The third-order valence-corrected chi connectivity index (χ3v) is 3.94. The molecule has 0 unspecified atom stereocenters. The van der Waals surface area contributed by atoms with E-state index in [-0.39, 0.29) is 12.3 Å². The Bertz CT molecular complexity index is 802. The van der Waals surface area contributed by atoms with Gasteiger partial charge in [-0.15, -0.1) is 0 Å². The third kappa shape index (κ3) is 4.44. The maximum absolute atomic E-state index is 12.7. The van der Waals surface area contributed by atoms with E-state index in [0.29, 0.717) is 12.1 Å². The van der Waals surface area contributed by atoms with Crippen LogP contribution < -0.4 is 9.64 Å². The van der Waals surface area contributed by atoms with Crippen LogP contribution in [-0.4, -0.2) is 24.4 Å². The van der Waals surface area contributed by atoms with Gasteiger partial charge in [0.25, 0.3) is 0 Å². The minimum atomic E-state index is 0.0456. The third-order valence-electron chi connectivity index (χ3n) is 3.94. The average Bonchev–Trinajstić information content (AvgIpc) is 2.69. The van der Waals surface area contributed by atoms with Crippen LogP contribution in [-0.2, 0) is 6.54 Å². The summed E-state index contributed by atoms with van der Waals surface area (Å²) >= 11 is 0. The molecule has 0 saturated heterocycles. The number of ketones is 1. The molecule has 4 heteroatoms. The maximum atomic E-state index is 12.7. The summed E-state index contributed by atoms with van der Waals surface area (Å²) in [7, 11) is 1.61. The number of nitrogens with zero attached hydrogens (tertiary/aromatic N) is 2. The van der Waals surface area contributed by atoms with Gasteiger partial charge in [0.2, 0.25) is 0 Å². The largest absolute Gasteiger partial charge is 0.497 e. The Labute approximate surface area is 147 Å². The highest BCUT2D eigenvalue weighted by molar-refractivity contribution is 5.99. The molecular formula is C21H20N2O2. The summed E-state index contributed by atoms with van der Waals surface area (Å²) < 4.78 is 5.15. The fraction of sp³-hybridized carbons (Fsp3) is 0.143. The quantitative estimate of drug-likeness (QED) is 0.614. The highest BCUT2D eigenvalue weighted by Gasteiger charge is 2.15. The smallest absolute Gasteiger partial charge is 0.182 e. The van der Waals surface area contributed by atoms with E-state index >= 15 is 0 Å². The molecule has 0 atom stereocenters. The molecule has 2 aromatic carbocycles. The summed E-state index contributed by atoms with van der Waals surface area (Å²) in [5.74, 6) is 1.57. The zero-order valence-corrected chi connectivity index (χ0v) is 14.1. The molecule has 0 N–H and O–H groups in total. The molecule has 0 aliphatic carbocycles. The number of anilines is 1. The number of rotatable bonds is 7. The first-order valence-electron chi connectivity index (χ1n) is 8.13. The molecule has 126 valence electrons. The van der Waals surface area contributed by atoms with E-state index in [9.17, 15) is 4.79 Å². The Hall–Kier alpha value is -3.14. The van der Waals surface area contributed by atoms with E-state index in [1.807, 2.05) is 53.4 Å². The monoisotopic (exact) mass is 332 g/mol. The van der Waals surface area contributed by atoms with E-state index in [2.05, 4.69) is 4.98 Å². The zero-order valence-electron chi connectivity index (χ0n) is 14.1. The van der Waals surface area contributed by atoms with Crippen molar-refractivity contribution in [2.45, 2.75) is 6.54 Å². The number of aromatic nitrogens is 1. The first-order chi connectivity index (χ1) is 12.3. The van der Waals surface area contributed by atoms with E-state index in [1.165, 1.54) is 0 Å². The van der Waals surface area contributed by atoms with E-state index in [1.54, 1.807) is 37.6 Å². The molecule has 0 spiro atoms. The van der Waals surface area contributed by atoms with Crippen molar-refractivity contribution in [3.63, 3.8) is 0 Å². The molecule has 0 aliphatic rings. The number of hydrogen-bond acceptors (Lipinski definition) is 4. The van der Waals surface area contributed by atoms with Crippen molar-refractivity contribution in [1.82, 2.24) is 4.98 Å². The first kappa shape index (κ1) is 16.7. The standard InChI is InChI=1S/C21H20N2O2/c1-25-19-12-10-18(11-13-19)20(24)16-23(21-9-5-6-14-22-21)15-17-7-3-2-4-8-17/h2-14H,15-16H2,1H3. The summed E-state index contributed by atoms with van der Waals surface area (Å²) in [6.07, 6.45) is 1.74. The molecule has 0 amide bonds. The SMILES string of the molecule is COc1ccc(C(=O)CN(Cc2ccccc2)c2ccccn2)cc1. The number of benzene rings is 2. The summed E-state index contributed by atoms with van der Waals surface area (Å²) in [5, 5.41) is 0. The average molecular weight is 332 g/mol. The second-order valence-corrected chi connectivity index (χ2v) is 5.68. The molecule has 3 rings (SSSR count). The number of carbonyl (C=O) groups is 1. The molecule has 25 heavy (non-hydrogen) atoms. The Morgan fingerprint density at radius 2 is 1.68 bits per heavy atom. The van der Waals surface area contributed by atoms with Crippen LogP contribution in [0.25, 0.3) is 0 Å². The van der Waals surface area contributed by atoms with E-state index < -0.39 is 0 Å². The molecule has 1 aromatic heterocycles. The molecule has 0 bridgehead atoms. The minimum Gasteiger partial charge on any atom is -0.497 e. The van der Waals surface area contributed by atoms with Crippen molar-refractivity contribution < 1.29 is 9.53 Å². The lowest BCUT2D eigenvalue weighted by Crippen LogP contribution is -2.30. The molecule has 1 heterocycles. The summed E-state index contributed by atoms with van der Waals surface area (Å²) in [6, 6.07) is 23.0. The van der Waals surface area contributed by atoms with Gasteiger partial charge in [-0.3, -0.25) is 4.79 Å². The zero-order chi connectivity index (χ0) is 17.5. The van der Waals surface area contributed by atoms with Gasteiger partial charge < -0.3 is 9.64 Å². The van der Waals surface area contributed by atoms with Gasteiger partial charge >= 0.3 is 0 Å². The van der Waals surface area contributed by atoms with Gasteiger partial charge in [0.05, 0.1) is 13.7 Å². The highest BCUT2D eigenvalue weighted by Crippen LogP contribution is 2.17. The lowest BCUT2D eigenvalue weighted by atomic mass is 10.1. The van der Waals surface area contributed by atoms with Gasteiger partial charge in [0, 0.05) is 18.3 Å². The van der Waals surface area contributed by atoms with Gasteiger partial charge in [0.1, 0.15) is 11.6 Å². The van der Waals surface area contributed by atoms with E-state index in [4.69, 9.17) is 4.74 Å². The van der Waals surface area contributed by atoms with Crippen molar-refractivity contribution in [1.29, 1.82) is 0 Å². The van der Waals surface area contributed by atoms with E-state index in [0.717, 1.165) is 17.1 Å². The molecule has 0 fully saturated rings. The minimum absolute atomic E-state index is 0.0456. The van der Waals surface area contributed by atoms with Crippen molar-refractivity contribution in [2.75, 3.05) is 18.6 Å². The Morgan fingerprint density at radius 3 is 2.32 bits per heavy atom. The number of hydrogen-bond donors (Lipinski definition) is 0. The molecule has 0 saturated carbocycles. The highest BCUT2D eigenvalue weighted by atomic mass is 16.5. The molecule has 3 aromatic rings. The number of methoxy groups -OCH3 is 1. The normalized spacial score (nSPS) is 10.3. The Morgan fingerprint density at radius 1 is 0.960 bits per heavy atom. The Kier molecular flexibility index (Phi) is 5.42. The molecular weight excluding hydrogens is 312 g/mol. The van der Waals surface area contributed by atoms with Gasteiger partial charge in [-0.2, -0.15) is 0 Å². The lowest BCUT2D eigenvalue weighted by molar-refractivity contribution is 0.0998. The van der Waals surface area contributed by atoms with Gasteiger partial charge in [-0.25, -0.2) is 4.98 Å². The van der Waals surface area contributed by atoms with Gasteiger partial charge in [0.15, 0.2) is 5.78 Å². The van der Waals surface area contributed by atoms with Crippen LogP contribution >= 0.6 is 0 Å². The van der Waals surface area contributed by atoms with Crippen LogP contribution in [0, 0.1) is 0 Å². The second kappa shape index (κ2) is 8.11. The summed E-state index contributed by atoms with van der Waals surface area (Å²) in [5.41, 5.74) is 1.80. The predicted molar refractivity (Wildman–Crippen MR) is 99.1 cm³/mol. The van der Waals surface area contributed by atoms with Crippen LogP contribution in [0.3, 0.4) is 0 Å². The molecule has 4 nitrogen and oxygen atoms in total. The van der Waals surface area contributed by atoms with Crippen LogP contribution in [0.15, 0.2) is 79.0 Å². The topological polar surface area (TPSA) is 42.4 Å².